The summed E-state index contributed by atoms with van der Waals surface area (Å²) in [7, 11) is 1.83. The molecule has 1 fully saturated rings. The molecule has 0 N–H and O–H groups in total. The Morgan fingerprint density at radius 1 is 1.18 bits per heavy atom. The van der Waals surface area contributed by atoms with Crippen molar-refractivity contribution < 1.29 is 9.18 Å². The van der Waals surface area contributed by atoms with Gasteiger partial charge in [-0.3, -0.25) is 14.3 Å². The van der Waals surface area contributed by atoms with Crippen molar-refractivity contribution in [3.63, 3.8) is 0 Å². The number of nitrogens with zero attached hydrogens (tertiary/aromatic N) is 5. The van der Waals surface area contributed by atoms with Crippen molar-refractivity contribution in [3.05, 3.63) is 57.8 Å². The van der Waals surface area contributed by atoms with Crippen molar-refractivity contribution >= 4 is 29.0 Å². The Morgan fingerprint density at radius 2 is 1.91 bits per heavy atom. The first kappa shape index (κ1) is 23.9. The van der Waals surface area contributed by atoms with Gasteiger partial charge in [0, 0.05) is 17.6 Å². The maximum absolute atomic E-state index is 13.6. The van der Waals surface area contributed by atoms with E-state index in [4.69, 9.17) is 0 Å². The maximum Gasteiger partial charge on any atom is 0.233 e. The third-order valence-electron chi connectivity index (χ3n) is 6.15. The monoisotopic (exact) mass is 487 g/mol. The molecule has 1 aromatic carbocycles. The largest absolute Gasteiger partial charge is 0.340 e. The molecule has 6 nitrogen and oxygen atoms in total. The smallest absolute Gasteiger partial charge is 0.233 e. The Labute approximate surface area is 202 Å². The summed E-state index contributed by atoms with van der Waals surface area (Å²) in [5, 5.41) is 11.7. The molecular weight excluding hydrogens is 457 g/mol. The second-order valence-corrected chi connectivity index (χ2v) is 10.4. The topological polar surface area (TPSA) is 54.3 Å². The van der Waals surface area contributed by atoms with E-state index in [2.05, 4.69) is 35.0 Å². The van der Waals surface area contributed by atoms with Gasteiger partial charge in [0.2, 0.25) is 5.91 Å². The lowest BCUT2D eigenvalue weighted by Crippen LogP contribution is -2.33. The SMILES string of the molecule is Cc1ccsc1CN(C)C(=O)CSc1nnc([C@@H](C)N2CCCCC2)n1-c1ccc(F)cc1. The predicted molar refractivity (Wildman–Crippen MR) is 131 cm³/mol. The van der Waals surface area contributed by atoms with E-state index >= 15 is 0 Å². The van der Waals surface area contributed by atoms with Crippen LogP contribution < -0.4 is 0 Å². The zero-order chi connectivity index (χ0) is 23.4. The molecule has 2 aromatic heterocycles. The van der Waals surface area contributed by atoms with Crippen molar-refractivity contribution in [1.82, 2.24) is 24.6 Å². The number of halogens is 1. The van der Waals surface area contributed by atoms with E-state index in [0.29, 0.717) is 11.7 Å². The summed E-state index contributed by atoms with van der Waals surface area (Å²) in [4.78, 5) is 18.2. The van der Waals surface area contributed by atoms with E-state index in [1.165, 1.54) is 53.6 Å². The highest BCUT2D eigenvalue weighted by Crippen LogP contribution is 2.29. The number of rotatable bonds is 8. The van der Waals surface area contributed by atoms with E-state index in [1.54, 1.807) is 28.4 Å². The molecule has 1 amide bonds. The second-order valence-electron chi connectivity index (χ2n) is 8.49. The van der Waals surface area contributed by atoms with Crippen LogP contribution in [0, 0.1) is 12.7 Å². The first-order valence-electron chi connectivity index (χ1n) is 11.3. The first-order valence-corrected chi connectivity index (χ1v) is 13.2. The highest BCUT2D eigenvalue weighted by molar-refractivity contribution is 7.99. The summed E-state index contributed by atoms with van der Waals surface area (Å²) in [6, 6.07) is 8.52. The van der Waals surface area contributed by atoms with Gasteiger partial charge in [-0.2, -0.15) is 0 Å². The lowest BCUT2D eigenvalue weighted by Gasteiger charge is -2.31. The maximum atomic E-state index is 13.6. The average Bonchev–Trinajstić information content (AvgIpc) is 3.44. The van der Waals surface area contributed by atoms with Crippen molar-refractivity contribution in [2.75, 3.05) is 25.9 Å². The second kappa shape index (κ2) is 10.8. The summed E-state index contributed by atoms with van der Waals surface area (Å²) in [6.45, 7) is 6.88. The molecule has 0 bridgehead atoms. The molecule has 4 rings (SSSR count). The minimum Gasteiger partial charge on any atom is -0.340 e. The lowest BCUT2D eigenvalue weighted by molar-refractivity contribution is -0.127. The quantitative estimate of drug-likeness (QED) is 0.415. The fourth-order valence-electron chi connectivity index (χ4n) is 4.05. The predicted octanol–water partition coefficient (Wildman–Crippen LogP) is 5.07. The Hall–Kier alpha value is -2.23. The third kappa shape index (κ3) is 5.65. The Balaban J connectivity index is 1.53. The third-order valence-corrected chi connectivity index (χ3v) is 8.08. The molecular formula is C24H30FN5OS2. The van der Waals surface area contributed by atoms with Gasteiger partial charge in [-0.25, -0.2) is 4.39 Å². The Kier molecular flexibility index (Phi) is 7.82. The number of aromatic nitrogens is 3. The molecule has 1 aliphatic heterocycles. The number of benzene rings is 1. The molecule has 1 atom stereocenters. The van der Waals surface area contributed by atoms with Crippen molar-refractivity contribution in [2.45, 2.75) is 50.9 Å². The molecule has 33 heavy (non-hydrogen) atoms. The summed E-state index contributed by atoms with van der Waals surface area (Å²) in [6.07, 6.45) is 3.62. The summed E-state index contributed by atoms with van der Waals surface area (Å²) < 4.78 is 15.6. The number of thiophene rings is 1. The molecule has 0 saturated carbocycles. The van der Waals surface area contributed by atoms with Crippen LogP contribution in [0.2, 0.25) is 0 Å². The number of amides is 1. The average molecular weight is 488 g/mol. The molecule has 0 unspecified atom stereocenters. The molecule has 1 aliphatic rings. The van der Waals surface area contributed by atoms with Gasteiger partial charge in [-0.1, -0.05) is 18.2 Å². The van der Waals surface area contributed by atoms with E-state index in [-0.39, 0.29) is 23.5 Å². The van der Waals surface area contributed by atoms with Crippen LogP contribution in [-0.4, -0.2) is 56.4 Å². The van der Waals surface area contributed by atoms with Crippen LogP contribution in [0.1, 0.15) is 48.5 Å². The van der Waals surface area contributed by atoms with Gasteiger partial charge in [0.05, 0.1) is 18.3 Å². The van der Waals surface area contributed by atoms with E-state index in [0.717, 1.165) is 24.6 Å². The van der Waals surface area contributed by atoms with Crippen molar-refractivity contribution in [2.24, 2.45) is 0 Å². The number of carbonyl (C=O) groups is 1. The van der Waals surface area contributed by atoms with Crippen molar-refractivity contribution in [3.8, 4) is 5.69 Å². The van der Waals surface area contributed by atoms with E-state index in [9.17, 15) is 9.18 Å². The summed E-state index contributed by atoms with van der Waals surface area (Å²) >= 11 is 3.04. The van der Waals surface area contributed by atoms with Gasteiger partial charge in [-0.05, 0) is 81.1 Å². The zero-order valence-electron chi connectivity index (χ0n) is 19.3. The first-order chi connectivity index (χ1) is 15.9. The molecule has 3 aromatic rings. The minimum absolute atomic E-state index is 0.0343. The lowest BCUT2D eigenvalue weighted by atomic mass is 10.1. The van der Waals surface area contributed by atoms with Gasteiger partial charge in [0.1, 0.15) is 5.82 Å². The van der Waals surface area contributed by atoms with Crippen LogP contribution in [0.4, 0.5) is 4.39 Å². The number of likely N-dealkylation sites (tertiary alicyclic amines) is 1. The summed E-state index contributed by atoms with van der Waals surface area (Å²) in [5.74, 6) is 0.832. The van der Waals surface area contributed by atoms with Gasteiger partial charge in [0.25, 0.3) is 0 Å². The Bertz CT molecular complexity index is 1070. The van der Waals surface area contributed by atoms with E-state index < -0.39 is 0 Å². The van der Waals surface area contributed by atoms with Crippen LogP contribution in [0.15, 0.2) is 40.9 Å². The van der Waals surface area contributed by atoms with Crippen LogP contribution in [0.5, 0.6) is 0 Å². The van der Waals surface area contributed by atoms with E-state index in [1.807, 2.05) is 17.0 Å². The fourth-order valence-corrected chi connectivity index (χ4v) is 5.91. The number of piperidine rings is 1. The molecule has 0 aliphatic carbocycles. The van der Waals surface area contributed by atoms with Crippen molar-refractivity contribution in [1.29, 1.82) is 0 Å². The molecule has 176 valence electrons. The molecule has 0 spiro atoms. The number of carbonyl (C=O) groups excluding carboxylic acids is 1. The number of thioether (sulfide) groups is 1. The summed E-state index contributed by atoms with van der Waals surface area (Å²) in [5.41, 5.74) is 2.01. The number of hydrogen-bond acceptors (Lipinski definition) is 6. The molecule has 0 radical (unpaired) electrons. The number of hydrogen-bond donors (Lipinski definition) is 0. The number of aryl methyl sites for hydroxylation is 1. The van der Waals surface area contributed by atoms with Gasteiger partial charge >= 0.3 is 0 Å². The highest BCUT2D eigenvalue weighted by atomic mass is 32.2. The highest BCUT2D eigenvalue weighted by Gasteiger charge is 2.26. The molecule has 9 heteroatoms. The standard InChI is InChI=1S/C24H30FN5OS2/c1-17-11-14-32-21(17)15-28(3)22(31)16-33-24-27-26-23(18(2)29-12-5-4-6-13-29)30(24)20-9-7-19(25)8-10-20/h7-11,14,18H,4-6,12-13,15-16H2,1-3H3/t18-/m1/s1. The van der Waals surface area contributed by atoms with Crippen LogP contribution in [0.3, 0.4) is 0 Å². The fraction of sp³-hybridized carbons (Fsp3) is 0.458. The van der Waals surface area contributed by atoms with Crippen LogP contribution in [-0.2, 0) is 11.3 Å². The zero-order valence-corrected chi connectivity index (χ0v) is 21.0. The van der Waals surface area contributed by atoms with Gasteiger partial charge in [0.15, 0.2) is 11.0 Å². The van der Waals surface area contributed by atoms with Gasteiger partial charge < -0.3 is 4.90 Å². The van der Waals surface area contributed by atoms with Crippen LogP contribution in [0.25, 0.3) is 5.69 Å². The van der Waals surface area contributed by atoms with Crippen LogP contribution >= 0.6 is 23.1 Å². The molecule has 3 heterocycles. The molecule has 1 saturated heterocycles. The Morgan fingerprint density at radius 3 is 2.58 bits per heavy atom. The minimum atomic E-state index is -0.285. The normalized spacial score (nSPS) is 15.5. The van der Waals surface area contributed by atoms with Gasteiger partial charge in [-0.15, -0.1) is 21.5 Å².